The molecule has 1 amide bonds. The highest BCUT2D eigenvalue weighted by atomic mass is 32.1. The van der Waals surface area contributed by atoms with Crippen molar-refractivity contribution in [3.8, 4) is 0 Å². The number of aryl methyl sites for hydroxylation is 2. The van der Waals surface area contributed by atoms with Gasteiger partial charge in [0.25, 0.3) is 0 Å². The van der Waals surface area contributed by atoms with Crippen molar-refractivity contribution >= 4 is 38.3 Å². The van der Waals surface area contributed by atoms with Crippen molar-refractivity contribution in [3.63, 3.8) is 0 Å². The van der Waals surface area contributed by atoms with E-state index in [2.05, 4.69) is 15.7 Å². The Morgan fingerprint density at radius 2 is 2.18 bits per heavy atom. The number of nitrogen functional groups attached to an aromatic ring is 1. The van der Waals surface area contributed by atoms with Gasteiger partial charge in [-0.05, 0) is 31.0 Å². The van der Waals surface area contributed by atoms with Crippen molar-refractivity contribution in [2.75, 3.05) is 10.7 Å². The molecule has 0 fully saturated rings. The molecule has 0 spiro atoms. The van der Waals surface area contributed by atoms with Crippen LogP contribution in [0.2, 0.25) is 0 Å². The van der Waals surface area contributed by atoms with Crippen LogP contribution in [-0.2, 0) is 4.79 Å². The second kappa shape index (κ2) is 4.31. The zero-order valence-electron chi connectivity index (χ0n) is 9.92. The van der Waals surface area contributed by atoms with Crippen molar-refractivity contribution in [3.05, 3.63) is 17.2 Å². The zero-order valence-corrected chi connectivity index (χ0v) is 10.7. The highest BCUT2D eigenvalue weighted by Crippen LogP contribution is 2.34. The molecule has 4 N–H and O–H groups in total. The van der Waals surface area contributed by atoms with E-state index in [1.165, 1.54) is 18.3 Å². The molecular formula is C11H14N4OS. The van der Waals surface area contributed by atoms with Crippen LogP contribution >= 0.6 is 11.3 Å². The van der Waals surface area contributed by atoms with Gasteiger partial charge in [-0.15, -0.1) is 0 Å². The van der Waals surface area contributed by atoms with Crippen LogP contribution in [0.5, 0.6) is 0 Å². The third-order valence-corrected chi connectivity index (χ3v) is 3.66. The first-order valence-electron chi connectivity index (χ1n) is 5.18. The maximum Gasteiger partial charge on any atom is 0.221 e. The summed E-state index contributed by atoms with van der Waals surface area (Å²) in [5.41, 5.74) is 6.32. The molecule has 0 atom stereocenters. The van der Waals surface area contributed by atoms with Crippen molar-refractivity contribution in [1.29, 1.82) is 0 Å². The number of amides is 1. The summed E-state index contributed by atoms with van der Waals surface area (Å²) in [4.78, 5) is 15.5. The van der Waals surface area contributed by atoms with Crippen LogP contribution in [-0.4, -0.2) is 10.9 Å². The number of rotatable bonds is 2. The lowest BCUT2D eigenvalue weighted by Crippen LogP contribution is -2.08. The zero-order chi connectivity index (χ0) is 12.6. The number of benzene rings is 1. The lowest BCUT2D eigenvalue weighted by molar-refractivity contribution is -0.114. The minimum atomic E-state index is -0.0720. The number of hydrogen-bond donors (Lipinski definition) is 3. The lowest BCUT2D eigenvalue weighted by Gasteiger charge is -2.10. The van der Waals surface area contributed by atoms with Gasteiger partial charge in [-0.1, -0.05) is 11.3 Å². The van der Waals surface area contributed by atoms with E-state index < -0.39 is 0 Å². The normalized spacial score (nSPS) is 10.6. The molecule has 1 heterocycles. The van der Waals surface area contributed by atoms with Gasteiger partial charge in [0, 0.05) is 12.6 Å². The number of thiazole rings is 1. The maximum atomic E-state index is 11.2. The van der Waals surface area contributed by atoms with Gasteiger partial charge < -0.3 is 5.32 Å². The summed E-state index contributed by atoms with van der Waals surface area (Å²) in [6.07, 6.45) is 0. The first-order chi connectivity index (χ1) is 8.02. The first-order valence-corrected chi connectivity index (χ1v) is 5.99. The Balaban J connectivity index is 2.65. The molecule has 0 bridgehead atoms. The number of nitrogens with one attached hydrogen (secondary N) is 2. The van der Waals surface area contributed by atoms with Crippen molar-refractivity contribution in [2.45, 2.75) is 20.8 Å². The minimum absolute atomic E-state index is 0.0720. The van der Waals surface area contributed by atoms with Gasteiger partial charge in [0.1, 0.15) is 0 Å². The summed E-state index contributed by atoms with van der Waals surface area (Å²) in [6.45, 7) is 5.42. The molecule has 5 nitrogen and oxygen atoms in total. The molecule has 0 aliphatic heterocycles. The van der Waals surface area contributed by atoms with Crippen molar-refractivity contribution in [1.82, 2.24) is 4.98 Å². The molecule has 2 aromatic rings. The second-order valence-corrected chi connectivity index (χ2v) is 4.89. The summed E-state index contributed by atoms with van der Waals surface area (Å²) in [6, 6.07) is 1.95. The van der Waals surface area contributed by atoms with E-state index in [1.807, 2.05) is 19.9 Å². The summed E-state index contributed by atoms with van der Waals surface area (Å²) < 4.78 is 1.03. The number of hydrazine groups is 1. The van der Waals surface area contributed by atoms with Gasteiger partial charge in [-0.2, -0.15) is 0 Å². The van der Waals surface area contributed by atoms with Crippen LogP contribution in [0, 0.1) is 13.8 Å². The average Bonchev–Trinajstić information content (AvgIpc) is 2.67. The number of carbonyl (C=O) groups is 1. The van der Waals surface area contributed by atoms with Crippen LogP contribution in [0.4, 0.5) is 10.8 Å². The monoisotopic (exact) mass is 250 g/mol. The van der Waals surface area contributed by atoms with Crippen molar-refractivity contribution in [2.24, 2.45) is 5.84 Å². The van der Waals surface area contributed by atoms with Crippen LogP contribution in [0.25, 0.3) is 10.2 Å². The molecular weight excluding hydrogens is 236 g/mol. The topological polar surface area (TPSA) is 80.0 Å². The standard InChI is InChI=1S/C11H14N4OS/c1-5-4-8-10(17-11(14-8)15-12)6(2)9(5)13-7(3)16/h4H,12H2,1-3H3,(H,13,16)(H,14,15). The molecule has 17 heavy (non-hydrogen) atoms. The Bertz CT molecular complexity index is 591. The largest absolute Gasteiger partial charge is 0.326 e. The Labute approximate surface area is 103 Å². The molecule has 90 valence electrons. The Morgan fingerprint density at radius 1 is 1.47 bits per heavy atom. The van der Waals surface area contributed by atoms with E-state index in [1.54, 1.807) is 0 Å². The maximum absolute atomic E-state index is 11.2. The molecule has 6 heteroatoms. The molecule has 0 saturated heterocycles. The van der Waals surface area contributed by atoms with Gasteiger partial charge in [0.05, 0.1) is 10.2 Å². The second-order valence-electron chi connectivity index (χ2n) is 3.89. The van der Waals surface area contributed by atoms with Crippen LogP contribution in [0.3, 0.4) is 0 Å². The molecule has 0 aliphatic carbocycles. The fourth-order valence-corrected chi connectivity index (χ4v) is 2.68. The van der Waals surface area contributed by atoms with Crippen LogP contribution < -0.4 is 16.6 Å². The number of carbonyl (C=O) groups excluding carboxylic acids is 1. The van der Waals surface area contributed by atoms with E-state index in [4.69, 9.17) is 5.84 Å². The molecule has 1 aromatic carbocycles. The van der Waals surface area contributed by atoms with E-state index in [0.717, 1.165) is 27.0 Å². The Hall–Kier alpha value is -1.66. The summed E-state index contributed by atoms with van der Waals surface area (Å²) in [7, 11) is 0. The number of aromatic nitrogens is 1. The number of hydrogen-bond acceptors (Lipinski definition) is 5. The predicted octanol–water partition coefficient (Wildman–Crippen LogP) is 2.16. The smallest absolute Gasteiger partial charge is 0.221 e. The molecule has 0 radical (unpaired) electrons. The Morgan fingerprint density at radius 3 is 2.76 bits per heavy atom. The fourth-order valence-electron chi connectivity index (χ4n) is 1.82. The Kier molecular flexibility index (Phi) is 2.99. The van der Waals surface area contributed by atoms with Gasteiger partial charge in [-0.3, -0.25) is 10.2 Å². The summed E-state index contributed by atoms with van der Waals surface area (Å²) in [5, 5.41) is 3.52. The van der Waals surface area contributed by atoms with Gasteiger partial charge in [0.15, 0.2) is 5.13 Å². The first kappa shape index (κ1) is 11.8. The third-order valence-electron chi connectivity index (χ3n) is 2.54. The van der Waals surface area contributed by atoms with Crippen molar-refractivity contribution < 1.29 is 4.79 Å². The number of nitrogens with two attached hydrogens (primary N) is 1. The molecule has 2 rings (SSSR count). The summed E-state index contributed by atoms with van der Waals surface area (Å²) in [5.74, 6) is 5.28. The molecule has 1 aromatic heterocycles. The quantitative estimate of drug-likeness (QED) is 0.563. The molecule has 0 aliphatic rings. The number of fused-ring (bicyclic) bond motifs is 1. The van der Waals surface area contributed by atoms with Crippen LogP contribution in [0.15, 0.2) is 6.07 Å². The minimum Gasteiger partial charge on any atom is -0.326 e. The van der Waals surface area contributed by atoms with E-state index >= 15 is 0 Å². The highest BCUT2D eigenvalue weighted by molar-refractivity contribution is 7.22. The highest BCUT2D eigenvalue weighted by Gasteiger charge is 2.12. The predicted molar refractivity (Wildman–Crippen MR) is 71.2 cm³/mol. The van der Waals surface area contributed by atoms with Crippen LogP contribution in [0.1, 0.15) is 18.1 Å². The fraction of sp³-hybridized carbons (Fsp3) is 0.273. The number of anilines is 2. The molecule has 0 unspecified atom stereocenters. The molecule has 0 saturated carbocycles. The van der Waals surface area contributed by atoms with Gasteiger partial charge in [-0.25, -0.2) is 10.8 Å². The van der Waals surface area contributed by atoms with Gasteiger partial charge >= 0.3 is 0 Å². The lowest BCUT2D eigenvalue weighted by atomic mass is 10.1. The van der Waals surface area contributed by atoms with E-state index in [-0.39, 0.29) is 5.91 Å². The summed E-state index contributed by atoms with van der Waals surface area (Å²) >= 11 is 1.48. The van der Waals surface area contributed by atoms with E-state index in [0.29, 0.717) is 5.13 Å². The number of nitrogens with zero attached hydrogens (tertiary/aromatic N) is 1. The SMILES string of the molecule is CC(=O)Nc1c(C)cc2nc(NN)sc2c1C. The average molecular weight is 250 g/mol. The van der Waals surface area contributed by atoms with Gasteiger partial charge in [0.2, 0.25) is 5.91 Å². The third kappa shape index (κ3) is 2.09. The van der Waals surface area contributed by atoms with E-state index in [9.17, 15) is 4.79 Å².